The summed E-state index contributed by atoms with van der Waals surface area (Å²) in [5.74, 6) is -2.08. The van der Waals surface area contributed by atoms with Crippen molar-refractivity contribution in [3.05, 3.63) is 75.7 Å². The summed E-state index contributed by atoms with van der Waals surface area (Å²) in [7, 11) is 0. The van der Waals surface area contributed by atoms with E-state index < -0.39 is 29.2 Å². The highest BCUT2D eigenvalue weighted by Crippen LogP contribution is 2.57. The van der Waals surface area contributed by atoms with Crippen LogP contribution >= 0.6 is 23.2 Å². The summed E-state index contributed by atoms with van der Waals surface area (Å²) in [5, 5.41) is 9.39. The molecule has 0 aliphatic carbocycles. The maximum Gasteiger partial charge on any atom is 0.241 e. The lowest BCUT2D eigenvalue weighted by Crippen LogP contribution is -2.49. The predicted octanol–water partition coefficient (Wildman–Crippen LogP) is 5.10. The van der Waals surface area contributed by atoms with Gasteiger partial charge in [-0.15, -0.1) is 0 Å². The third-order valence-electron chi connectivity index (χ3n) is 6.77. The molecule has 2 amide bonds. The van der Waals surface area contributed by atoms with Crippen molar-refractivity contribution in [2.45, 2.75) is 57.0 Å². The van der Waals surface area contributed by atoms with Crippen LogP contribution in [0.25, 0.3) is 0 Å². The molecular weight excluding hydrogens is 504 g/mol. The minimum Gasteiger partial charge on any atom is -0.332 e. The largest absolute Gasteiger partial charge is 0.332 e. The Kier molecular flexibility index (Phi) is 7.28. The molecule has 0 bridgehead atoms. The van der Waals surface area contributed by atoms with Crippen molar-refractivity contribution >= 4 is 47.0 Å². The molecule has 36 heavy (non-hydrogen) atoms. The van der Waals surface area contributed by atoms with Crippen LogP contribution in [0.3, 0.4) is 0 Å². The minimum absolute atomic E-state index is 0.0988. The molecule has 0 saturated carbocycles. The van der Waals surface area contributed by atoms with Gasteiger partial charge in [0, 0.05) is 35.3 Å². The van der Waals surface area contributed by atoms with Crippen molar-refractivity contribution in [1.29, 1.82) is 0 Å². The van der Waals surface area contributed by atoms with Crippen LogP contribution in [0.1, 0.15) is 50.7 Å². The maximum absolute atomic E-state index is 14.9. The summed E-state index contributed by atoms with van der Waals surface area (Å²) in [5.41, 5.74) is 0.000751. The number of halogens is 3. The molecule has 0 radical (unpaired) electrons. The molecule has 6 nitrogen and oxygen atoms in total. The van der Waals surface area contributed by atoms with E-state index in [9.17, 15) is 18.8 Å². The van der Waals surface area contributed by atoms with E-state index in [-0.39, 0.29) is 28.7 Å². The van der Waals surface area contributed by atoms with Crippen molar-refractivity contribution in [3.8, 4) is 0 Å². The Morgan fingerprint density at radius 2 is 1.97 bits per heavy atom. The number of carbonyl (C=O) groups is 3. The van der Waals surface area contributed by atoms with Gasteiger partial charge in [0.1, 0.15) is 17.5 Å². The first kappa shape index (κ1) is 26.3. The first-order valence-corrected chi connectivity index (χ1v) is 12.5. The molecule has 190 valence electrons. The second kappa shape index (κ2) is 9.96. The topological polar surface area (TPSA) is 87.3 Å². The summed E-state index contributed by atoms with van der Waals surface area (Å²) >= 11 is 12.4. The maximum atomic E-state index is 14.9. The molecule has 2 aromatic carbocycles. The molecule has 2 aliphatic rings. The normalized spacial score (nSPS) is 25.3. The van der Waals surface area contributed by atoms with E-state index in [1.54, 1.807) is 18.2 Å². The Morgan fingerprint density at radius 3 is 2.64 bits per heavy atom. The predicted molar refractivity (Wildman–Crippen MR) is 139 cm³/mol. The number of anilines is 1. The highest BCUT2D eigenvalue weighted by atomic mass is 35.5. The third-order valence-corrected chi connectivity index (χ3v) is 7.29. The number of carbonyl (C=O) groups excluding carboxylic acids is 3. The molecule has 4 atom stereocenters. The van der Waals surface area contributed by atoms with Gasteiger partial charge < -0.3 is 20.7 Å². The van der Waals surface area contributed by atoms with E-state index in [2.05, 4.69) is 16.0 Å². The fraction of sp³-hybridized carbons (Fsp3) is 0.370. The van der Waals surface area contributed by atoms with Gasteiger partial charge in [0.15, 0.2) is 0 Å². The number of aldehydes is 1. The van der Waals surface area contributed by atoms with Gasteiger partial charge in [-0.25, -0.2) is 4.39 Å². The molecule has 2 heterocycles. The Bertz CT molecular complexity index is 1240. The highest BCUT2D eigenvalue weighted by Gasteiger charge is 2.65. The van der Waals surface area contributed by atoms with Crippen LogP contribution in [0, 0.1) is 11.2 Å². The van der Waals surface area contributed by atoms with Crippen molar-refractivity contribution < 1.29 is 18.8 Å². The number of allylic oxidation sites excluding steroid dienone is 1. The van der Waals surface area contributed by atoms with E-state index in [0.717, 1.165) is 6.29 Å². The smallest absolute Gasteiger partial charge is 0.241 e. The Hall–Kier alpha value is -2.74. The van der Waals surface area contributed by atoms with Gasteiger partial charge in [-0.05, 0) is 47.2 Å². The molecule has 1 spiro atoms. The minimum atomic E-state index is -1.31. The molecule has 4 rings (SSSR count). The number of benzene rings is 2. The molecular formula is C27H28Cl2FN3O3. The second-order valence-electron chi connectivity index (χ2n) is 10.4. The molecule has 3 N–H and O–H groups in total. The van der Waals surface area contributed by atoms with Gasteiger partial charge in [-0.2, -0.15) is 0 Å². The van der Waals surface area contributed by atoms with Crippen LogP contribution in [0.15, 0.2) is 48.7 Å². The summed E-state index contributed by atoms with van der Waals surface area (Å²) in [6.07, 6.45) is 4.35. The van der Waals surface area contributed by atoms with Gasteiger partial charge >= 0.3 is 0 Å². The van der Waals surface area contributed by atoms with Crippen LogP contribution < -0.4 is 16.0 Å². The summed E-state index contributed by atoms with van der Waals surface area (Å²) in [6.45, 7) is 6.13. The monoisotopic (exact) mass is 531 g/mol. The van der Waals surface area contributed by atoms with E-state index in [4.69, 9.17) is 23.2 Å². The zero-order chi connectivity index (χ0) is 26.3. The Morgan fingerprint density at radius 1 is 1.22 bits per heavy atom. The standard InChI is InChI=1S/C27H28Cl2FN3O3/c1-26(2,3)14-21-27(17-12-19(30)18(29)13-20(17)32-25(27)36)22(15-7-6-8-16(28)11-15)23(33-21)24(35)31-9-4-5-10-34/h4,6-13,21-23,33H,5,14H2,1-3H3,(H,31,35)(H,32,36)/b9-4+. The summed E-state index contributed by atoms with van der Waals surface area (Å²) in [4.78, 5) is 38.1. The summed E-state index contributed by atoms with van der Waals surface area (Å²) in [6, 6.07) is 8.37. The molecule has 0 aromatic heterocycles. The van der Waals surface area contributed by atoms with Crippen LogP contribution in [-0.4, -0.2) is 30.2 Å². The van der Waals surface area contributed by atoms with Crippen molar-refractivity contribution in [2.24, 2.45) is 5.41 Å². The van der Waals surface area contributed by atoms with Crippen LogP contribution in [-0.2, 0) is 19.8 Å². The van der Waals surface area contributed by atoms with E-state index in [1.165, 1.54) is 24.4 Å². The number of hydrogen-bond acceptors (Lipinski definition) is 4. The highest BCUT2D eigenvalue weighted by molar-refractivity contribution is 6.31. The zero-order valence-electron chi connectivity index (χ0n) is 20.2. The van der Waals surface area contributed by atoms with Crippen molar-refractivity contribution in [1.82, 2.24) is 10.6 Å². The first-order chi connectivity index (χ1) is 17.0. The van der Waals surface area contributed by atoms with Crippen LogP contribution in [0.4, 0.5) is 10.1 Å². The first-order valence-electron chi connectivity index (χ1n) is 11.7. The lowest BCUT2D eigenvalue weighted by atomic mass is 9.62. The van der Waals surface area contributed by atoms with Gasteiger partial charge in [-0.3, -0.25) is 9.59 Å². The third kappa shape index (κ3) is 4.67. The average molecular weight is 532 g/mol. The Labute approximate surface area is 219 Å². The van der Waals surface area contributed by atoms with Crippen molar-refractivity contribution in [2.75, 3.05) is 5.32 Å². The van der Waals surface area contributed by atoms with Crippen molar-refractivity contribution in [3.63, 3.8) is 0 Å². The average Bonchev–Trinajstić information content (AvgIpc) is 3.26. The van der Waals surface area contributed by atoms with Gasteiger partial charge in [0.2, 0.25) is 11.8 Å². The second-order valence-corrected chi connectivity index (χ2v) is 11.3. The number of fused-ring (bicyclic) bond motifs is 2. The fourth-order valence-corrected chi connectivity index (χ4v) is 5.85. The molecule has 1 saturated heterocycles. The van der Waals surface area contributed by atoms with Gasteiger partial charge in [-0.1, -0.05) is 62.2 Å². The number of nitrogens with one attached hydrogen (secondary N) is 3. The van der Waals surface area contributed by atoms with E-state index >= 15 is 0 Å². The number of rotatable bonds is 6. The quantitative estimate of drug-likeness (QED) is 0.452. The molecule has 1 fully saturated rings. The van der Waals surface area contributed by atoms with E-state index in [0.29, 0.717) is 28.3 Å². The van der Waals surface area contributed by atoms with Crippen LogP contribution in [0.5, 0.6) is 0 Å². The van der Waals surface area contributed by atoms with Crippen LogP contribution in [0.2, 0.25) is 10.0 Å². The molecule has 9 heteroatoms. The zero-order valence-corrected chi connectivity index (χ0v) is 21.7. The SMILES string of the molecule is CC(C)(C)CC1NC(C(=O)N/C=C/CC=O)C(c2cccc(Cl)c2)C12C(=O)Nc1cc(Cl)c(F)cc12. The number of hydrogen-bond donors (Lipinski definition) is 3. The lowest BCUT2D eigenvalue weighted by molar-refractivity contribution is -0.123. The van der Waals surface area contributed by atoms with Gasteiger partial charge in [0.25, 0.3) is 0 Å². The number of amides is 2. The lowest BCUT2D eigenvalue weighted by Gasteiger charge is -2.37. The Balaban J connectivity index is 1.94. The van der Waals surface area contributed by atoms with E-state index in [1.807, 2.05) is 26.8 Å². The van der Waals surface area contributed by atoms with Gasteiger partial charge in [0.05, 0.1) is 11.1 Å². The molecule has 2 aliphatic heterocycles. The molecule has 2 aromatic rings. The fourth-order valence-electron chi connectivity index (χ4n) is 5.49. The molecule has 4 unspecified atom stereocenters. The summed E-state index contributed by atoms with van der Waals surface area (Å²) < 4.78 is 14.9.